The number of allylic oxidation sites excluding steroid dienone is 1. The molecular formula is C22H23N5O3S. The number of anilines is 1. The van der Waals surface area contributed by atoms with Gasteiger partial charge in [0.25, 0.3) is 11.5 Å². The number of hydrogen-bond acceptors (Lipinski definition) is 6. The van der Waals surface area contributed by atoms with Gasteiger partial charge < -0.3 is 19.9 Å². The molecule has 1 aromatic carbocycles. The summed E-state index contributed by atoms with van der Waals surface area (Å²) in [7, 11) is 0. The van der Waals surface area contributed by atoms with Gasteiger partial charge in [0.1, 0.15) is 5.82 Å². The van der Waals surface area contributed by atoms with E-state index in [0.717, 1.165) is 24.5 Å². The molecule has 0 atom stereocenters. The van der Waals surface area contributed by atoms with E-state index in [0.29, 0.717) is 47.5 Å². The number of aromatic nitrogens is 3. The molecule has 2 aromatic heterocycles. The van der Waals surface area contributed by atoms with Crippen molar-refractivity contribution in [3.63, 3.8) is 0 Å². The minimum atomic E-state index is -0.242. The van der Waals surface area contributed by atoms with E-state index >= 15 is 0 Å². The van der Waals surface area contributed by atoms with Crippen molar-refractivity contribution in [1.29, 1.82) is 0 Å². The van der Waals surface area contributed by atoms with Gasteiger partial charge in [-0.15, -0.1) is 6.58 Å². The average molecular weight is 438 g/mol. The number of morpholine rings is 1. The van der Waals surface area contributed by atoms with Gasteiger partial charge in [0.2, 0.25) is 0 Å². The third kappa shape index (κ3) is 4.42. The molecular weight excluding hydrogens is 414 g/mol. The zero-order valence-corrected chi connectivity index (χ0v) is 17.8. The summed E-state index contributed by atoms with van der Waals surface area (Å²) < 4.78 is 7.13. The Morgan fingerprint density at radius 3 is 2.90 bits per heavy atom. The maximum Gasteiger partial charge on any atom is 0.262 e. The molecule has 3 heterocycles. The number of carbonyl (C=O) groups is 1. The summed E-state index contributed by atoms with van der Waals surface area (Å²) in [6.45, 7) is 7.18. The van der Waals surface area contributed by atoms with Crippen LogP contribution in [-0.2, 0) is 17.8 Å². The van der Waals surface area contributed by atoms with Crippen molar-refractivity contribution in [2.24, 2.45) is 0 Å². The molecule has 1 saturated heterocycles. The van der Waals surface area contributed by atoms with Crippen LogP contribution >= 0.6 is 12.2 Å². The Morgan fingerprint density at radius 1 is 1.32 bits per heavy atom. The Hall–Kier alpha value is -3.30. The number of carbonyl (C=O) groups excluding carboxylic acids is 1. The molecule has 0 unspecified atom stereocenters. The largest absolute Gasteiger partial charge is 0.378 e. The summed E-state index contributed by atoms with van der Waals surface area (Å²) in [5, 5.41) is 3.41. The Kier molecular flexibility index (Phi) is 6.24. The van der Waals surface area contributed by atoms with E-state index in [1.807, 2.05) is 12.1 Å². The molecule has 1 aliphatic rings. The Labute approximate surface area is 184 Å². The summed E-state index contributed by atoms with van der Waals surface area (Å²) in [5.41, 5.74) is 1.69. The number of fused-ring (bicyclic) bond motifs is 1. The number of benzene rings is 1. The van der Waals surface area contributed by atoms with Crippen molar-refractivity contribution < 1.29 is 9.53 Å². The van der Waals surface area contributed by atoms with Crippen LogP contribution in [0.5, 0.6) is 0 Å². The van der Waals surface area contributed by atoms with Crippen LogP contribution in [0.15, 0.2) is 54.0 Å². The molecule has 0 bridgehead atoms. The van der Waals surface area contributed by atoms with Crippen molar-refractivity contribution in [3.8, 4) is 0 Å². The monoisotopic (exact) mass is 437 g/mol. The molecule has 1 amide bonds. The first-order valence-corrected chi connectivity index (χ1v) is 10.4. The van der Waals surface area contributed by atoms with E-state index in [-0.39, 0.29) is 11.5 Å². The molecule has 4 rings (SSSR count). The molecule has 1 fully saturated rings. The van der Waals surface area contributed by atoms with Crippen LogP contribution in [-0.4, -0.2) is 46.7 Å². The van der Waals surface area contributed by atoms with Crippen LogP contribution in [0.1, 0.15) is 15.9 Å². The summed E-state index contributed by atoms with van der Waals surface area (Å²) in [6.07, 6.45) is 3.36. The van der Waals surface area contributed by atoms with E-state index < -0.39 is 0 Å². The number of ether oxygens (including phenoxy) is 1. The van der Waals surface area contributed by atoms with E-state index in [9.17, 15) is 9.59 Å². The highest BCUT2D eigenvalue weighted by molar-refractivity contribution is 7.71. The van der Waals surface area contributed by atoms with Crippen LogP contribution in [0.25, 0.3) is 10.9 Å². The Bertz CT molecular complexity index is 1240. The predicted octanol–water partition coefficient (Wildman–Crippen LogP) is 2.41. The normalized spacial score (nSPS) is 13.9. The predicted molar refractivity (Wildman–Crippen MR) is 122 cm³/mol. The number of nitrogens with one attached hydrogen (secondary N) is 2. The van der Waals surface area contributed by atoms with Crippen molar-refractivity contribution in [3.05, 3.63) is 75.4 Å². The molecule has 9 heteroatoms. The highest BCUT2D eigenvalue weighted by atomic mass is 32.1. The van der Waals surface area contributed by atoms with Crippen molar-refractivity contribution in [2.75, 3.05) is 31.2 Å². The maximum absolute atomic E-state index is 12.8. The van der Waals surface area contributed by atoms with Crippen LogP contribution in [0.4, 0.5) is 5.82 Å². The molecule has 0 radical (unpaired) electrons. The molecule has 1 aliphatic heterocycles. The number of rotatable bonds is 6. The molecule has 0 saturated carbocycles. The summed E-state index contributed by atoms with van der Waals surface area (Å²) in [5.74, 6) is 0.615. The third-order valence-corrected chi connectivity index (χ3v) is 5.50. The maximum atomic E-state index is 12.8. The van der Waals surface area contributed by atoms with Gasteiger partial charge in [-0.3, -0.25) is 14.2 Å². The van der Waals surface area contributed by atoms with Gasteiger partial charge in [-0.2, -0.15) is 0 Å². The second-order valence-electron chi connectivity index (χ2n) is 7.16. The average Bonchev–Trinajstić information content (AvgIpc) is 2.80. The topological polar surface area (TPSA) is 92.2 Å². The number of nitrogens with zero attached hydrogens (tertiary/aromatic N) is 3. The molecule has 31 heavy (non-hydrogen) atoms. The fraction of sp³-hybridized carbons (Fsp3) is 0.273. The number of aromatic amines is 1. The first-order chi connectivity index (χ1) is 15.1. The van der Waals surface area contributed by atoms with Gasteiger partial charge in [0.05, 0.1) is 24.1 Å². The SMILES string of the molecule is C=CCn1c(=S)[nH]c2cc(C(=O)NCc3cccnc3N3CCOCC3)ccc2c1=O. The fourth-order valence-corrected chi connectivity index (χ4v) is 3.86. The first kappa shape index (κ1) is 21.0. The lowest BCUT2D eigenvalue weighted by Crippen LogP contribution is -2.37. The molecule has 0 spiro atoms. The summed E-state index contributed by atoms with van der Waals surface area (Å²) in [4.78, 5) is 35.1. The lowest BCUT2D eigenvalue weighted by Gasteiger charge is -2.29. The Balaban J connectivity index is 1.54. The molecule has 2 N–H and O–H groups in total. The lowest BCUT2D eigenvalue weighted by molar-refractivity contribution is 0.0950. The molecule has 160 valence electrons. The third-order valence-electron chi connectivity index (χ3n) is 5.17. The second-order valence-corrected chi connectivity index (χ2v) is 7.55. The Morgan fingerprint density at radius 2 is 2.13 bits per heavy atom. The van der Waals surface area contributed by atoms with E-state index in [4.69, 9.17) is 17.0 Å². The van der Waals surface area contributed by atoms with E-state index in [2.05, 4.69) is 26.8 Å². The van der Waals surface area contributed by atoms with Crippen LogP contribution in [0.2, 0.25) is 0 Å². The minimum Gasteiger partial charge on any atom is -0.378 e. The van der Waals surface area contributed by atoms with Gasteiger partial charge in [0, 0.05) is 43.5 Å². The number of amides is 1. The van der Waals surface area contributed by atoms with Gasteiger partial charge in [-0.25, -0.2) is 4.98 Å². The summed E-state index contributed by atoms with van der Waals surface area (Å²) >= 11 is 5.27. The van der Waals surface area contributed by atoms with E-state index in [1.54, 1.807) is 30.5 Å². The summed E-state index contributed by atoms with van der Waals surface area (Å²) in [6, 6.07) is 8.74. The van der Waals surface area contributed by atoms with Crippen LogP contribution in [0, 0.1) is 4.77 Å². The van der Waals surface area contributed by atoms with Crippen molar-refractivity contribution >= 4 is 34.8 Å². The highest BCUT2D eigenvalue weighted by Gasteiger charge is 2.17. The molecule has 8 nitrogen and oxygen atoms in total. The number of hydrogen-bond donors (Lipinski definition) is 2. The number of H-pyrrole nitrogens is 1. The minimum absolute atomic E-state index is 0.212. The van der Waals surface area contributed by atoms with Crippen LogP contribution in [0.3, 0.4) is 0 Å². The van der Waals surface area contributed by atoms with E-state index in [1.165, 1.54) is 4.57 Å². The molecule has 0 aliphatic carbocycles. The lowest BCUT2D eigenvalue weighted by atomic mass is 10.1. The zero-order valence-electron chi connectivity index (χ0n) is 17.0. The first-order valence-electron chi connectivity index (χ1n) is 10.0. The van der Waals surface area contributed by atoms with Gasteiger partial charge in [0.15, 0.2) is 4.77 Å². The fourth-order valence-electron chi connectivity index (χ4n) is 3.60. The smallest absolute Gasteiger partial charge is 0.262 e. The van der Waals surface area contributed by atoms with Crippen molar-refractivity contribution in [1.82, 2.24) is 19.9 Å². The second kappa shape index (κ2) is 9.23. The van der Waals surface area contributed by atoms with Crippen LogP contribution < -0.4 is 15.8 Å². The van der Waals surface area contributed by atoms with Gasteiger partial charge in [-0.1, -0.05) is 12.1 Å². The molecule has 3 aromatic rings. The quantitative estimate of drug-likeness (QED) is 0.455. The zero-order chi connectivity index (χ0) is 21.8. The van der Waals surface area contributed by atoms with Gasteiger partial charge >= 0.3 is 0 Å². The highest BCUT2D eigenvalue weighted by Crippen LogP contribution is 2.18. The van der Waals surface area contributed by atoms with Crippen molar-refractivity contribution in [2.45, 2.75) is 13.1 Å². The number of pyridine rings is 1. The standard InChI is InChI=1S/C22H23N5O3S/c1-2-8-27-21(29)17-6-5-15(13-18(17)25-22(27)31)20(28)24-14-16-4-3-7-23-19(16)26-9-11-30-12-10-26/h2-7,13H,1,8-12,14H2,(H,24,28)(H,25,31). The van der Waals surface area contributed by atoms with Gasteiger partial charge in [-0.05, 0) is 36.5 Å².